The Hall–Kier alpha value is -1.84. The monoisotopic (exact) mass is 192 g/mol. The number of pyridine rings is 1. The van der Waals surface area contributed by atoms with Crippen molar-refractivity contribution in [3.63, 3.8) is 0 Å². The quantitative estimate of drug-likeness (QED) is 0.737. The van der Waals surface area contributed by atoms with Crippen LogP contribution in [-0.4, -0.2) is 23.0 Å². The van der Waals surface area contributed by atoms with Crippen LogP contribution in [0, 0.1) is 0 Å². The summed E-state index contributed by atoms with van der Waals surface area (Å²) in [4.78, 5) is 16.2. The lowest BCUT2D eigenvalue weighted by molar-refractivity contribution is -0.128. The van der Waals surface area contributed by atoms with Gasteiger partial charge in [0, 0.05) is 29.5 Å². The first kappa shape index (κ1) is 10.2. The number of aromatic amines is 1. The minimum atomic E-state index is 0.431. The van der Waals surface area contributed by atoms with Gasteiger partial charge in [0.2, 0.25) is 0 Å². The molecule has 2 aromatic rings. The fourth-order valence-electron chi connectivity index (χ4n) is 0.960. The van der Waals surface area contributed by atoms with E-state index in [0.717, 1.165) is 10.9 Å². The van der Waals surface area contributed by atoms with Gasteiger partial charge in [-0.1, -0.05) is 0 Å². The van der Waals surface area contributed by atoms with Crippen molar-refractivity contribution in [2.75, 3.05) is 6.61 Å². The van der Waals surface area contributed by atoms with E-state index in [1.807, 2.05) is 24.5 Å². The van der Waals surface area contributed by atoms with Crippen molar-refractivity contribution in [1.29, 1.82) is 0 Å². The van der Waals surface area contributed by atoms with Gasteiger partial charge in [0.05, 0.1) is 6.61 Å². The molecule has 14 heavy (non-hydrogen) atoms. The Morgan fingerprint density at radius 3 is 3.00 bits per heavy atom. The summed E-state index contributed by atoms with van der Waals surface area (Å²) in [6.07, 6.45) is 5.52. The molecular weight excluding hydrogens is 180 g/mol. The van der Waals surface area contributed by atoms with E-state index < -0.39 is 0 Å². The number of nitrogens with zero attached hydrogens (tertiary/aromatic N) is 1. The molecule has 2 heterocycles. The van der Waals surface area contributed by atoms with Crippen LogP contribution in [0.15, 0.2) is 30.7 Å². The minimum Gasteiger partial charge on any atom is -0.468 e. The van der Waals surface area contributed by atoms with Crippen molar-refractivity contribution in [1.82, 2.24) is 9.97 Å². The summed E-state index contributed by atoms with van der Waals surface area (Å²) in [7, 11) is 0. The van der Waals surface area contributed by atoms with E-state index in [2.05, 4.69) is 14.7 Å². The van der Waals surface area contributed by atoms with Gasteiger partial charge in [0.1, 0.15) is 0 Å². The van der Waals surface area contributed by atoms with Crippen molar-refractivity contribution in [3.05, 3.63) is 30.7 Å². The largest absolute Gasteiger partial charge is 0.468 e. The lowest BCUT2D eigenvalue weighted by Gasteiger charge is -1.82. The van der Waals surface area contributed by atoms with E-state index >= 15 is 0 Å². The highest BCUT2D eigenvalue weighted by Crippen LogP contribution is 2.07. The topological polar surface area (TPSA) is 55.0 Å². The second-order valence-electron chi connectivity index (χ2n) is 2.49. The molecule has 0 atom stereocenters. The van der Waals surface area contributed by atoms with Crippen molar-refractivity contribution < 1.29 is 9.53 Å². The number of rotatable bonds is 2. The van der Waals surface area contributed by atoms with Gasteiger partial charge in [0.25, 0.3) is 6.47 Å². The van der Waals surface area contributed by atoms with Gasteiger partial charge in [-0.15, -0.1) is 0 Å². The first-order valence-electron chi connectivity index (χ1n) is 4.30. The molecule has 0 bridgehead atoms. The molecule has 4 heteroatoms. The third kappa shape index (κ3) is 2.90. The van der Waals surface area contributed by atoms with Crippen LogP contribution in [0.3, 0.4) is 0 Å². The molecule has 2 rings (SSSR count). The number of fused-ring (bicyclic) bond motifs is 1. The Morgan fingerprint density at radius 2 is 2.43 bits per heavy atom. The molecule has 0 spiro atoms. The molecule has 0 aliphatic carbocycles. The summed E-state index contributed by atoms with van der Waals surface area (Å²) < 4.78 is 4.15. The normalized spacial score (nSPS) is 8.93. The van der Waals surface area contributed by atoms with Crippen LogP contribution >= 0.6 is 0 Å². The smallest absolute Gasteiger partial charge is 0.293 e. The number of H-pyrrole nitrogens is 1. The second kappa shape index (κ2) is 5.75. The molecule has 4 nitrogen and oxygen atoms in total. The highest BCUT2D eigenvalue weighted by molar-refractivity contribution is 5.77. The van der Waals surface area contributed by atoms with E-state index in [0.29, 0.717) is 13.1 Å². The maximum absolute atomic E-state index is 9.18. The number of nitrogens with one attached hydrogen (secondary N) is 1. The summed E-state index contributed by atoms with van der Waals surface area (Å²) in [5.74, 6) is 0. The summed E-state index contributed by atoms with van der Waals surface area (Å²) >= 11 is 0. The van der Waals surface area contributed by atoms with Gasteiger partial charge in [-0.2, -0.15) is 0 Å². The molecule has 1 N–H and O–H groups in total. The summed E-state index contributed by atoms with van der Waals surface area (Å²) in [5.41, 5.74) is 1.14. The number of hydrogen-bond donors (Lipinski definition) is 1. The molecule has 74 valence electrons. The van der Waals surface area contributed by atoms with Crippen molar-refractivity contribution >= 4 is 17.4 Å². The predicted molar refractivity (Wildman–Crippen MR) is 53.8 cm³/mol. The molecule has 0 saturated heterocycles. The Labute approximate surface area is 81.9 Å². The molecule has 0 aliphatic heterocycles. The number of carbonyl (C=O) groups excluding carboxylic acids is 1. The molecule has 0 unspecified atom stereocenters. The molecule has 0 fully saturated rings. The van der Waals surface area contributed by atoms with Gasteiger partial charge in [-0.25, -0.2) is 0 Å². The maximum Gasteiger partial charge on any atom is 0.293 e. The van der Waals surface area contributed by atoms with Crippen LogP contribution in [-0.2, 0) is 9.53 Å². The van der Waals surface area contributed by atoms with Crippen LogP contribution in [0.4, 0.5) is 0 Å². The van der Waals surface area contributed by atoms with Crippen LogP contribution in [0.25, 0.3) is 10.9 Å². The zero-order valence-electron chi connectivity index (χ0n) is 7.93. The van der Waals surface area contributed by atoms with Gasteiger partial charge < -0.3 is 9.72 Å². The minimum absolute atomic E-state index is 0.431. The lowest BCUT2D eigenvalue weighted by atomic mass is 10.3. The van der Waals surface area contributed by atoms with Crippen molar-refractivity contribution in [3.8, 4) is 0 Å². The summed E-state index contributed by atoms with van der Waals surface area (Å²) in [6.45, 7) is 2.66. The fraction of sp³-hybridized carbons (Fsp3) is 0.200. The first-order chi connectivity index (χ1) is 6.88. The van der Waals surface area contributed by atoms with Crippen LogP contribution in [0.2, 0.25) is 0 Å². The average Bonchev–Trinajstić information content (AvgIpc) is 2.67. The van der Waals surface area contributed by atoms with E-state index in [4.69, 9.17) is 0 Å². The Balaban J connectivity index is 0.000000171. The van der Waals surface area contributed by atoms with E-state index in [1.54, 1.807) is 13.1 Å². The zero-order valence-corrected chi connectivity index (χ0v) is 7.93. The molecular formula is C10H12N2O2. The van der Waals surface area contributed by atoms with Gasteiger partial charge in [0.15, 0.2) is 0 Å². The number of aromatic nitrogens is 2. The molecule has 0 radical (unpaired) electrons. The number of ether oxygens (including phenoxy) is 1. The van der Waals surface area contributed by atoms with Crippen LogP contribution < -0.4 is 0 Å². The Morgan fingerprint density at radius 1 is 1.57 bits per heavy atom. The van der Waals surface area contributed by atoms with Gasteiger partial charge >= 0.3 is 0 Å². The first-order valence-corrected chi connectivity index (χ1v) is 4.30. The SMILES string of the molecule is CCOC=O.c1cc2[nH]ccc2cn1. The Bertz CT molecular complexity index is 354. The molecule has 0 aliphatic rings. The maximum atomic E-state index is 9.18. The fourth-order valence-corrected chi connectivity index (χ4v) is 0.960. The zero-order chi connectivity index (χ0) is 10.2. The van der Waals surface area contributed by atoms with Crippen molar-refractivity contribution in [2.24, 2.45) is 0 Å². The molecule has 0 saturated carbocycles. The van der Waals surface area contributed by atoms with Gasteiger partial charge in [-0.05, 0) is 19.1 Å². The summed E-state index contributed by atoms with van der Waals surface area (Å²) in [5, 5.41) is 1.16. The van der Waals surface area contributed by atoms with Crippen molar-refractivity contribution in [2.45, 2.75) is 6.92 Å². The highest BCUT2D eigenvalue weighted by atomic mass is 16.5. The lowest BCUT2D eigenvalue weighted by Crippen LogP contribution is -1.80. The molecule has 0 amide bonds. The summed E-state index contributed by atoms with van der Waals surface area (Å²) in [6, 6.07) is 3.96. The standard InChI is InChI=1S/C7H6N2.C3H6O2/c1-4-9-7-2-3-8-5-6(1)7;1-2-5-3-4/h1-5,9H;3H,2H2,1H3. The van der Waals surface area contributed by atoms with E-state index in [1.165, 1.54) is 0 Å². The van der Waals surface area contributed by atoms with Crippen LogP contribution in [0.1, 0.15) is 6.92 Å². The van der Waals surface area contributed by atoms with Gasteiger partial charge in [-0.3, -0.25) is 9.78 Å². The highest BCUT2D eigenvalue weighted by Gasteiger charge is 1.87. The average molecular weight is 192 g/mol. The Kier molecular flexibility index (Phi) is 4.20. The van der Waals surface area contributed by atoms with Crippen LogP contribution in [0.5, 0.6) is 0 Å². The third-order valence-corrected chi connectivity index (χ3v) is 1.59. The van der Waals surface area contributed by atoms with E-state index in [9.17, 15) is 4.79 Å². The predicted octanol–water partition coefficient (Wildman–Crippen LogP) is 1.74. The molecule has 0 aromatic carbocycles. The number of carbonyl (C=O) groups is 1. The molecule has 2 aromatic heterocycles. The third-order valence-electron chi connectivity index (χ3n) is 1.59. The number of hydrogen-bond acceptors (Lipinski definition) is 3. The second-order valence-corrected chi connectivity index (χ2v) is 2.49. The van der Waals surface area contributed by atoms with E-state index in [-0.39, 0.29) is 0 Å².